The van der Waals surface area contributed by atoms with E-state index >= 15 is 0 Å². The van der Waals surface area contributed by atoms with Gasteiger partial charge in [0.25, 0.3) is 5.91 Å². The van der Waals surface area contributed by atoms with Crippen molar-refractivity contribution in [1.29, 1.82) is 0 Å². The fraction of sp³-hybridized carbons (Fsp3) is 0.240. The zero-order valence-electron chi connectivity index (χ0n) is 17.8. The van der Waals surface area contributed by atoms with Crippen LogP contribution in [0.1, 0.15) is 47.1 Å². The molecule has 0 aliphatic heterocycles. The molecule has 2 aromatic heterocycles. The number of rotatable bonds is 5. The normalized spacial score (nSPS) is 12.1. The van der Waals surface area contributed by atoms with Crippen molar-refractivity contribution < 1.29 is 4.79 Å². The predicted octanol–water partition coefficient (Wildman–Crippen LogP) is 5.23. The molecule has 5 nitrogen and oxygen atoms in total. The molecule has 0 unspecified atom stereocenters. The van der Waals surface area contributed by atoms with Gasteiger partial charge in [-0.25, -0.2) is 4.98 Å². The maximum atomic E-state index is 13.3. The van der Waals surface area contributed by atoms with Gasteiger partial charge < -0.3 is 5.32 Å². The maximum Gasteiger partial charge on any atom is 0.252 e. The first-order valence-corrected chi connectivity index (χ1v) is 10.3. The van der Waals surface area contributed by atoms with Crippen LogP contribution < -0.4 is 5.32 Å². The molecule has 1 N–H and O–H groups in total. The van der Waals surface area contributed by atoms with Gasteiger partial charge in [-0.15, -0.1) is 0 Å². The van der Waals surface area contributed by atoms with Gasteiger partial charge in [0.2, 0.25) is 0 Å². The van der Waals surface area contributed by atoms with Crippen LogP contribution in [0.5, 0.6) is 0 Å². The van der Waals surface area contributed by atoms with Gasteiger partial charge >= 0.3 is 0 Å². The van der Waals surface area contributed by atoms with E-state index in [4.69, 9.17) is 4.98 Å². The van der Waals surface area contributed by atoms with Crippen LogP contribution in [0.3, 0.4) is 0 Å². The zero-order chi connectivity index (χ0) is 21.3. The van der Waals surface area contributed by atoms with Crippen LogP contribution in [0, 0.1) is 13.8 Å². The van der Waals surface area contributed by atoms with Gasteiger partial charge in [0.05, 0.1) is 28.5 Å². The summed E-state index contributed by atoms with van der Waals surface area (Å²) >= 11 is 0. The number of nitrogens with one attached hydrogen (secondary N) is 1. The number of carbonyl (C=O) groups excluding carboxylic acids is 1. The second-order valence-corrected chi connectivity index (χ2v) is 7.66. The monoisotopic (exact) mass is 398 g/mol. The summed E-state index contributed by atoms with van der Waals surface area (Å²) in [5.74, 6) is -0.112. The molecular weight excluding hydrogens is 372 g/mol. The molecule has 0 radical (unpaired) electrons. The van der Waals surface area contributed by atoms with E-state index in [2.05, 4.69) is 36.4 Å². The van der Waals surface area contributed by atoms with Crippen molar-refractivity contribution in [2.75, 3.05) is 0 Å². The van der Waals surface area contributed by atoms with E-state index in [0.29, 0.717) is 5.56 Å². The highest BCUT2D eigenvalue weighted by Crippen LogP contribution is 2.26. The molecule has 2 heterocycles. The summed E-state index contributed by atoms with van der Waals surface area (Å²) in [7, 11) is 0. The number of carbonyl (C=O) groups is 1. The lowest BCUT2D eigenvalue weighted by molar-refractivity contribution is 0.0941. The minimum atomic E-state index is -0.146. The van der Waals surface area contributed by atoms with E-state index in [1.807, 2.05) is 67.2 Å². The Balaban J connectivity index is 1.73. The van der Waals surface area contributed by atoms with Gasteiger partial charge in [0.15, 0.2) is 0 Å². The number of para-hydroxylation sites is 1. The minimum Gasteiger partial charge on any atom is -0.345 e. The van der Waals surface area contributed by atoms with Crippen LogP contribution in [0.25, 0.3) is 22.2 Å². The molecule has 0 saturated heterocycles. The molecule has 2 aromatic carbocycles. The summed E-state index contributed by atoms with van der Waals surface area (Å²) < 4.78 is 1.89. The van der Waals surface area contributed by atoms with E-state index in [-0.39, 0.29) is 11.9 Å². The molecule has 4 aromatic rings. The molecule has 0 spiro atoms. The Bertz CT molecular complexity index is 1230. The lowest BCUT2D eigenvalue weighted by atomic mass is 10.0. The fourth-order valence-electron chi connectivity index (χ4n) is 3.79. The Morgan fingerprint density at radius 2 is 1.90 bits per heavy atom. The van der Waals surface area contributed by atoms with Crippen molar-refractivity contribution in [2.24, 2.45) is 0 Å². The molecule has 4 rings (SSSR count). The predicted molar refractivity (Wildman–Crippen MR) is 120 cm³/mol. The van der Waals surface area contributed by atoms with Crippen LogP contribution in [-0.2, 0) is 6.54 Å². The smallest absolute Gasteiger partial charge is 0.252 e. The fourth-order valence-corrected chi connectivity index (χ4v) is 3.79. The van der Waals surface area contributed by atoms with E-state index in [9.17, 15) is 4.79 Å². The average Bonchev–Trinajstić information content (AvgIpc) is 3.13. The van der Waals surface area contributed by atoms with Crippen molar-refractivity contribution in [1.82, 2.24) is 20.1 Å². The van der Waals surface area contributed by atoms with E-state index < -0.39 is 0 Å². The van der Waals surface area contributed by atoms with Gasteiger partial charge in [-0.2, -0.15) is 5.10 Å². The summed E-state index contributed by atoms with van der Waals surface area (Å²) in [6.45, 7) is 8.87. The summed E-state index contributed by atoms with van der Waals surface area (Å²) in [5.41, 5.74) is 6.36. The number of fused-ring (bicyclic) bond motifs is 1. The second kappa shape index (κ2) is 8.11. The van der Waals surface area contributed by atoms with Crippen molar-refractivity contribution in [3.05, 3.63) is 83.2 Å². The summed E-state index contributed by atoms with van der Waals surface area (Å²) in [6, 6.07) is 17.7. The standard InChI is InChI=1S/C25H26N4O/c1-5-29-15-22(18(4)28-29)17(3)26-25(30)21-14-24(19-10-8-9-16(2)13-19)27-23-12-7-6-11-20(21)23/h6-15,17H,5H2,1-4H3,(H,26,30)/t17-/m0/s1. The third kappa shape index (κ3) is 3.83. The SMILES string of the molecule is CCn1cc([C@H](C)NC(=O)c2cc(-c3cccc(C)c3)nc3ccccc23)c(C)n1. The third-order valence-corrected chi connectivity index (χ3v) is 5.40. The maximum absolute atomic E-state index is 13.3. The highest BCUT2D eigenvalue weighted by Gasteiger charge is 2.19. The molecule has 1 atom stereocenters. The number of hydrogen-bond acceptors (Lipinski definition) is 3. The molecular formula is C25H26N4O. The summed E-state index contributed by atoms with van der Waals surface area (Å²) in [5, 5.41) is 8.50. The second-order valence-electron chi connectivity index (χ2n) is 7.66. The van der Waals surface area contributed by atoms with E-state index in [0.717, 1.165) is 45.5 Å². The molecule has 0 saturated carbocycles. The lowest BCUT2D eigenvalue weighted by Crippen LogP contribution is -2.27. The van der Waals surface area contributed by atoms with Gasteiger partial charge in [0, 0.05) is 29.3 Å². The molecule has 152 valence electrons. The lowest BCUT2D eigenvalue weighted by Gasteiger charge is -2.15. The Morgan fingerprint density at radius 3 is 2.63 bits per heavy atom. The molecule has 1 amide bonds. The average molecular weight is 399 g/mol. The van der Waals surface area contributed by atoms with Crippen LogP contribution >= 0.6 is 0 Å². The number of pyridine rings is 1. The van der Waals surface area contributed by atoms with Crippen molar-refractivity contribution in [3.63, 3.8) is 0 Å². The summed E-state index contributed by atoms with van der Waals surface area (Å²) in [4.78, 5) is 18.1. The van der Waals surface area contributed by atoms with E-state index in [1.54, 1.807) is 0 Å². The van der Waals surface area contributed by atoms with Crippen LogP contribution in [-0.4, -0.2) is 20.7 Å². The van der Waals surface area contributed by atoms with Crippen molar-refractivity contribution in [3.8, 4) is 11.3 Å². The highest BCUT2D eigenvalue weighted by molar-refractivity contribution is 6.07. The first-order valence-electron chi connectivity index (χ1n) is 10.3. The number of amides is 1. The first kappa shape index (κ1) is 19.8. The zero-order valence-corrected chi connectivity index (χ0v) is 17.8. The Morgan fingerprint density at radius 1 is 1.10 bits per heavy atom. The topological polar surface area (TPSA) is 59.8 Å². The van der Waals surface area contributed by atoms with Gasteiger partial charge in [-0.1, -0.05) is 42.0 Å². The highest BCUT2D eigenvalue weighted by atomic mass is 16.1. The van der Waals surface area contributed by atoms with Crippen LogP contribution in [0.2, 0.25) is 0 Å². The molecule has 0 aliphatic rings. The number of nitrogens with zero attached hydrogens (tertiary/aromatic N) is 3. The quantitative estimate of drug-likeness (QED) is 0.501. The first-order chi connectivity index (χ1) is 14.5. The molecule has 0 bridgehead atoms. The number of aryl methyl sites for hydroxylation is 3. The van der Waals surface area contributed by atoms with Crippen molar-refractivity contribution in [2.45, 2.75) is 40.3 Å². The Hall–Kier alpha value is -3.47. The molecule has 0 aliphatic carbocycles. The largest absolute Gasteiger partial charge is 0.345 e. The molecule has 0 fully saturated rings. The van der Waals surface area contributed by atoms with Crippen LogP contribution in [0.4, 0.5) is 0 Å². The van der Waals surface area contributed by atoms with Crippen LogP contribution in [0.15, 0.2) is 60.8 Å². The van der Waals surface area contributed by atoms with Crippen molar-refractivity contribution >= 4 is 16.8 Å². The molecule has 5 heteroatoms. The van der Waals surface area contributed by atoms with Gasteiger partial charge in [-0.3, -0.25) is 9.48 Å². The minimum absolute atomic E-state index is 0.112. The Kier molecular flexibility index (Phi) is 5.36. The summed E-state index contributed by atoms with van der Waals surface area (Å²) in [6.07, 6.45) is 2.00. The third-order valence-electron chi connectivity index (χ3n) is 5.40. The van der Waals surface area contributed by atoms with Gasteiger partial charge in [-0.05, 0) is 45.9 Å². The Labute approximate surface area is 176 Å². The van der Waals surface area contributed by atoms with E-state index in [1.165, 1.54) is 0 Å². The van der Waals surface area contributed by atoms with Gasteiger partial charge in [0.1, 0.15) is 0 Å². The number of hydrogen-bond donors (Lipinski definition) is 1. The number of benzene rings is 2. The number of aromatic nitrogens is 3. The molecule has 30 heavy (non-hydrogen) atoms.